The molecule has 3 rings (SSSR count). The number of carbonyl (C=O) groups excluding carboxylic acids is 1. The normalized spacial score (nSPS) is 20.5. The van der Waals surface area contributed by atoms with Crippen LogP contribution in [0, 0.1) is 0 Å². The van der Waals surface area contributed by atoms with Crippen LogP contribution in [0.3, 0.4) is 0 Å². The van der Waals surface area contributed by atoms with Crippen molar-refractivity contribution in [1.29, 1.82) is 0 Å². The number of rotatable bonds is 3. The van der Waals surface area contributed by atoms with Gasteiger partial charge in [0.25, 0.3) is 0 Å². The molecule has 0 radical (unpaired) electrons. The average Bonchev–Trinajstić information content (AvgIpc) is 2.49. The molecular formula is C16H20ClNO. The molecule has 0 spiro atoms. The van der Waals surface area contributed by atoms with E-state index in [-0.39, 0.29) is 5.24 Å². The van der Waals surface area contributed by atoms with E-state index in [9.17, 15) is 4.79 Å². The van der Waals surface area contributed by atoms with E-state index in [0.717, 1.165) is 31.0 Å². The number of fused-ring (bicyclic) bond motifs is 1. The highest BCUT2D eigenvalue weighted by Crippen LogP contribution is 2.27. The smallest absolute Gasteiger partial charge is 0.226 e. The fourth-order valence-corrected chi connectivity index (χ4v) is 3.34. The van der Waals surface area contributed by atoms with Crippen molar-refractivity contribution < 1.29 is 4.79 Å². The van der Waals surface area contributed by atoms with E-state index in [1.165, 1.54) is 36.9 Å². The van der Waals surface area contributed by atoms with Crippen molar-refractivity contribution in [2.45, 2.75) is 44.6 Å². The Morgan fingerprint density at radius 2 is 1.95 bits per heavy atom. The van der Waals surface area contributed by atoms with Gasteiger partial charge in [0.2, 0.25) is 5.24 Å². The summed E-state index contributed by atoms with van der Waals surface area (Å²) in [4.78, 5) is 13.6. The summed E-state index contributed by atoms with van der Waals surface area (Å²) >= 11 is 5.47. The molecule has 1 aliphatic carbocycles. The number of hydrogen-bond donors (Lipinski definition) is 0. The molecule has 0 N–H and O–H groups in total. The summed E-state index contributed by atoms with van der Waals surface area (Å²) in [5, 5.41) is -0.273. The molecule has 1 heterocycles. The lowest BCUT2D eigenvalue weighted by Crippen LogP contribution is -2.41. The Labute approximate surface area is 119 Å². The van der Waals surface area contributed by atoms with Crippen LogP contribution in [-0.2, 0) is 24.1 Å². The largest absolute Gasteiger partial charge is 0.300 e. The molecule has 2 nitrogen and oxygen atoms in total. The lowest BCUT2D eigenvalue weighted by atomic mass is 9.91. The molecule has 0 bridgehead atoms. The van der Waals surface area contributed by atoms with Gasteiger partial charge in [-0.3, -0.25) is 9.69 Å². The van der Waals surface area contributed by atoms with Crippen molar-refractivity contribution in [2.75, 3.05) is 13.1 Å². The third-order valence-electron chi connectivity index (χ3n) is 4.54. The van der Waals surface area contributed by atoms with Gasteiger partial charge in [0.05, 0.1) is 0 Å². The maximum Gasteiger partial charge on any atom is 0.226 e. The second kappa shape index (κ2) is 5.64. The highest BCUT2D eigenvalue weighted by atomic mass is 35.5. The molecule has 0 saturated heterocycles. The Bertz CT molecular complexity index is 482. The van der Waals surface area contributed by atoms with Crippen LogP contribution in [0.1, 0.15) is 36.0 Å². The summed E-state index contributed by atoms with van der Waals surface area (Å²) in [5.41, 5.74) is 3.92. The first-order chi connectivity index (χ1) is 9.22. The fraction of sp³-hybridized carbons (Fsp3) is 0.562. The molecule has 2 aliphatic rings. The van der Waals surface area contributed by atoms with E-state index in [4.69, 9.17) is 11.6 Å². The molecule has 1 saturated carbocycles. The van der Waals surface area contributed by atoms with Gasteiger partial charge in [-0.15, -0.1) is 0 Å². The highest BCUT2D eigenvalue weighted by Gasteiger charge is 2.26. The topological polar surface area (TPSA) is 20.3 Å². The Morgan fingerprint density at radius 3 is 2.58 bits per heavy atom. The maximum atomic E-state index is 11.0. The number of benzene rings is 1. The number of nitrogens with zero attached hydrogens (tertiary/aromatic N) is 1. The number of carbonyl (C=O) groups is 1. The quantitative estimate of drug-likeness (QED) is 0.792. The van der Waals surface area contributed by atoms with Crippen molar-refractivity contribution in [3.8, 4) is 0 Å². The van der Waals surface area contributed by atoms with Crippen LogP contribution in [0.5, 0.6) is 0 Å². The Kier molecular flexibility index (Phi) is 3.90. The van der Waals surface area contributed by atoms with Crippen molar-refractivity contribution >= 4 is 16.8 Å². The van der Waals surface area contributed by atoms with Crippen LogP contribution in [0.15, 0.2) is 18.2 Å². The highest BCUT2D eigenvalue weighted by molar-refractivity contribution is 6.63. The second-order valence-corrected chi connectivity index (χ2v) is 6.18. The van der Waals surface area contributed by atoms with Gasteiger partial charge in [0.15, 0.2) is 0 Å². The first-order valence-corrected chi connectivity index (χ1v) is 7.63. The molecule has 1 aromatic rings. The molecule has 19 heavy (non-hydrogen) atoms. The van der Waals surface area contributed by atoms with Crippen LogP contribution in [0.4, 0.5) is 0 Å². The SMILES string of the molecule is O=C(Cl)Cc1ccc2c(c1)CCN(C1CCC1)CC2. The molecule has 0 aromatic heterocycles. The standard InChI is InChI=1S/C16H20ClNO/c17-16(19)11-12-4-5-13-6-8-18(15-2-1-3-15)9-7-14(13)10-12/h4-5,10,15H,1-3,6-9,11H2. The van der Waals surface area contributed by atoms with Gasteiger partial charge < -0.3 is 0 Å². The van der Waals surface area contributed by atoms with Gasteiger partial charge in [-0.25, -0.2) is 0 Å². The first-order valence-electron chi connectivity index (χ1n) is 7.25. The van der Waals surface area contributed by atoms with Crippen LogP contribution in [0.25, 0.3) is 0 Å². The van der Waals surface area contributed by atoms with Crippen LogP contribution in [-0.4, -0.2) is 29.3 Å². The van der Waals surface area contributed by atoms with Crippen molar-refractivity contribution in [3.05, 3.63) is 34.9 Å². The minimum absolute atomic E-state index is 0.273. The Morgan fingerprint density at radius 1 is 1.21 bits per heavy atom. The lowest BCUT2D eigenvalue weighted by Gasteiger charge is -2.36. The Balaban J connectivity index is 1.72. The van der Waals surface area contributed by atoms with Crippen molar-refractivity contribution in [3.63, 3.8) is 0 Å². The molecule has 0 atom stereocenters. The van der Waals surface area contributed by atoms with Gasteiger partial charge in [0, 0.05) is 25.6 Å². The van der Waals surface area contributed by atoms with Crippen molar-refractivity contribution in [2.24, 2.45) is 0 Å². The molecule has 3 heteroatoms. The number of halogens is 1. The predicted octanol–water partition coefficient (Wildman–Crippen LogP) is 2.95. The molecule has 0 unspecified atom stereocenters. The van der Waals surface area contributed by atoms with Crippen LogP contribution < -0.4 is 0 Å². The zero-order valence-electron chi connectivity index (χ0n) is 11.2. The number of hydrogen-bond acceptors (Lipinski definition) is 2. The van der Waals surface area contributed by atoms with Crippen molar-refractivity contribution in [1.82, 2.24) is 4.90 Å². The van der Waals surface area contributed by atoms with E-state index in [2.05, 4.69) is 23.1 Å². The predicted molar refractivity (Wildman–Crippen MR) is 77.6 cm³/mol. The van der Waals surface area contributed by atoms with E-state index in [0.29, 0.717) is 6.42 Å². The first kappa shape index (κ1) is 13.1. The van der Waals surface area contributed by atoms with E-state index >= 15 is 0 Å². The summed E-state index contributed by atoms with van der Waals surface area (Å²) in [7, 11) is 0. The van der Waals surface area contributed by atoms with Gasteiger partial charge >= 0.3 is 0 Å². The molecule has 1 fully saturated rings. The third kappa shape index (κ3) is 3.01. The van der Waals surface area contributed by atoms with E-state index < -0.39 is 0 Å². The lowest BCUT2D eigenvalue weighted by molar-refractivity contribution is -0.111. The molecular weight excluding hydrogens is 258 g/mol. The summed E-state index contributed by atoms with van der Waals surface area (Å²) in [6, 6.07) is 7.26. The molecule has 0 amide bonds. The third-order valence-corrected chi connectivity index (χ3v) is 4.68. The minimum atomic E-state index is -0.273. The fourth-order valence-electron chi connectivity index (χ4n) is 3.18. The zero-order chi connectivity index (χ0) is 13.2. The van der Waals surface area contributed by atoms with Gasteiger partial charge in [0.1, 0.15) is 0 Å². The molecule has 1 aromatic carbocycles. The van der Waals surface area contributed by atoms with E-state index in [1.54, 1.807) is 0 Å². The van der Waals surface area contributed by atoms with Crippen LogP contribution >= 0.6 is 11.6 Å². The summed E-state index contributed by atoms with van der Waals surface area (Å²) in [5.74, 6) is 0. The Hall–Kier alpha value is -0.860. The average molecular weight is 278 g/mol. The molecule has 1 aliphatic heterocycles. The minimum Gasteiger partial charge on any atom is -0.300 e. The summed E-state index contributed by atoms with van der Waals surface area (Å²) in [6.07, 6.45) is 6.75. The maximum absolute atomic E-state index is 11.0. The van der Waals surface area contributed by atoms with Gasteiger partial charge in [-0.1, -0.05) is 24.6 Å². The monoisotopic (exact) mass is 277 g/mol. The van der Waals surface area contributed by atoms with E-state index in [1.807, 2.05) is 0 Å². The van der Waals surface area contributed by atoms with Gasteiger partial charge in [-0.2, -0.15) is 0 Å². The van der Waals surface area contributed by atoms with Crippen LogP contribution in [0.2, 0.25) is 0 Å². The molecule has 102 valence electrons. The second-order valence-electron chi connectivity index (χ2n) is 5.76. The zero-order valence-corrected chi connectivity index (χ0v) is 12.0. The summed E-state index contributed by atoms with van der Waals surface area (Å²) in [6.45, 7) is 2.35. The van der Waals surface area contributed by atoms with Gasteiger partial charge in [-0.05, 0) is 54.0 Å². The summed E-state index contributed by atoms with van der Waals surface area (Å²) < 4.78 is 0.